The van der Waals surface area contributed by atoms with Crippen molar-refractivity contribution in [1.82, 2.24) is 0 Å². The summed E-state index contributed by atoms with van der Waals surface area (Å²) >= 11 is 0. The van der Waals surface area contributed by atoms with Crippen molar-refractivity contribution in [2.75, 3.05) is 0 Å². The maximum absolute atomic E-state index is 12.7. The molecule has 3 saturated carbocycles. The van der Waals surface area contributed by atoms with Crippen LogP contribution in [0.25, 0.3) is 0 Å². The van der Waals surface area contributed by atoms with E-state index in [-0.39, 0.29) is 11.9 Å². The summed E-state index contributed by atoms with van der Waals surface area (Å²) < 4.78 is 5.77. The molecule has 0 amide bonds. The first-order chi connectivity index (χ1) is 14.1. The van der Waals surface area contributed by atoms with Crippen LogP contribution in [0.2, 0.25) is 0 Å². The number of rotatable bonds is 4. The maximum atomic E-state index is 12.7. The standard InChI is InChI=1S/C27H40O2/c1-19-3-7-21(8-4-19)23-11-13-25(14-12-23)27(28)29-26-17-15-24(16-18-26)22-9-5-20(2)6-10-22/h15-23,25H,3-14H2,1-2H3. The highest BCUT2D eigenvalue weighted by atomic mass is 16.5. The number of esters is 1. The van der Waals surface area contributed by atoms with Gasteiger partial charge in [-0.1, -0.05) is 51.7 Å². The molecule has 160 valence electrons. The second-order valence-corrected chi connectivity index (χ2v) is 10.6. The molecule has 0 radical (unpaired) electrons. The molecule has 0 spiro atoms. The van der Waals surface area contributed by atoms with Gasteiger partial charge in [0.15, 0.2) is 0 Å². The molecule has 0 unspecified atom stereocenters. The van der Waals surface area contributed by atoms with Gasteiger partial charge in [-0.05, 0) is 98.7 Å². The number of carbonyl (C=O) groups is 1. The van der Waals surface area contributed by atoms with E-state index in [2.05, 4.69) is 26.0 Å². The van der Waals surface area contributed by atoms with Gasteiger partial charge in [0.05, 0.1) is 5.92 Å². The van der Waals surface area contributed by atoms with E-state index in [0.717, 1.165) is 42.3 Å². The average molecular weight is 397 g/mol. The Morgan fingerprint density at radius 1 is 0.690 bits per heavy atom. The van der Waals surface area contributed by atoms with Gasteiger partial charge in [0.25, 0.3) is 0 Å². The Labute approximate surface area is 177 Å². The van der Waals surface area contributed by atoms with E-state index in [9.17, 15) is 4.79 Å². The highest BCUT2D eigenvalue weighted by Crippen LogP contribution is 2.41. The van der Waals surface area contributed by atoms with E-state index in [0.29, 0.717) is 5.92 Å². The van der Waals surface area contributed by atoms with Gasteiger partial charge >= 0.3 is 5.97 Å². The highest BCUT2D eigenvalue weighted by Gasteiger charge is 2.33. The van der Waals surface area contributed by atoms with E-state index in [4.69, 9.17) is 4.74 Å². The Morgan fingerprint density at radius 3 is 1.72 bits per heavy atom. The van der Waals surface area contributed by atoms with Crippen LogP contribution in [0.4, 0.5) is 0 Å². The zero-order valence-corrected chi connectivity index (χ0v) is 18.6. The van der Waals surface area contributed by atoms with Crippen LogP contribution in [-0.4, -0.2) is 5.97 Å². The molecule has 1 aromatic carbocycles. The van der Waals surface area contributed by atoms with Gasteiger partial charge in [-0.15, -0.1) is 0 Å². The molecule has 2 nitrogen and oxygen atoms in total. The topological polar surface area (TPSA) is 26.3 Å². The molecule has 3 aliphatic carbocycles. The molecule has 4 rings (SSSR count). The fourth-order valence-electron chi connectivity index (χ4n) is 6.18. The molecule has 29 heavy (non-hydrogen) atoms. The quantitative estimate of drug-likeness (QED) is 0.388. The van der Waals surface area contributed by atoms with Crippen molar-refractivity contribution < 1.29 is 9.53 Å². The van der Waals surface area contributed by atoms with Crippen LogP contribution in [0, 0.1) is 29.6 Å². The molecule has 2 heteroatoms. The summed E-state index contributed by atoms with van der Waals surface area (Å²) in [5, 5.41) is 0. The molecule has 3 aliphatic rings. The zero-order chi connectivity index (χ0) is 20.2. The number of hydrogen-bond donors (Lipinski definition) is 0. The van der Waals surface area contributed by atoms with Crippen LogP contribution in [0.15, 0.2) is 24.3 Å². The van der Waals surface area contributed by atoms with Gasteiger partial charge in [0.1, 0.15) is 5.75 Å². The Kier molecular flexibility index (Phi) is 6.98. The maximum Gasteiger partial charge on any atom is 0.314 e. The Balaban J connectivity index is 1.23. The lowest BCUT2D eigenvalue weighted by Crippen LogP contribution is -2.29. The van der Waals surface area contributed by atoms with Crippen LogP contribution >= 0.6 is 0 Å². The van der Waals surface area contributed by atoms with E-state index >= 15 is 0 Å². The van der Waals surface area contributed by atoms with Crippen LogP contribution in [0.1, 0.15) is 102 Å². The second-order valence-electron chi connectivity index (χ2n) is 10.6. The second kappa shape index (κ2) is 9.67. The van der Waals surface area contributed by atoms with Crippen LogP contribution in [0.5, 0.6) is 5.75 Å². The molecule has 0 aliphatic heterocycles. The zero-order valence-electron chi connectivity index (χ0n) is 18.6. The number of ether oxygens (including phenoxy) is 1. The van der Waals surface area contributed by atoms with E-state index in [1.807, 2.05) is 12.1 Å². The lowest BCUT2D eigenvalue weighted by molar-refractivity contribution is -0.140. The number of benzene rings is 1. The lowest BCUT2D eigenvalue weighted by atomic mass is 9.69. The van der Waals surface area contributed by atoms with E-state index < -0.39 is 0 Å². The lowest BCUT2D eigenvalue weighted by Gasteiger charge is -2.36. The van der Waals surface area contributed by atoms with Crippen LogP contribution < -0.4 is 4.74 Å². The minimum Gasteiger partial charge on any atom is -0.426 e. The fourth-order valence-corrected chi connectivity index (χ4v) is 6.18. The predicted octanol–water partition coefficient (Wildman–Crippen LogP) is 7.52. The van der Waals surface area contributed by atoms with Crippen molar-refractivity contribution in [3.63, 3.8) is 0 Å². The Hall–Kier alpha value is -1.31. The van der Waals surface area contributed by atoms with Crippen LogP contribution in [0.3, 0.4) is 0 Å². The third kappa shape index (κ3) is 5.44. The summed E-state index contributed by atoms with van der Waals surface area (Å²) in [5.41, 5.74) is 1.42. The monoisotopic (exact) mass is 396 g/mol. The third-order valence-corrected chi connectivity index (χ3v) is 8.42. The summed E-state index contributed by atoms with van der Waals surface area (Å²) in [4.78, 5) is 12.7. The minimum absolute atomic E-state index is 0.0000393. The molecule has 0 heterocycles. The van der Waals surface area contributed by atoms with Gasteiger partial charge in [-0.25, -0.2) is 0 Å². The summed E-state index contributed by atoms with van der Waals surface area (Å²) in [5.74, 6) is 5.09. The summed E-state index contributed by atoms with van der Waals surface area (Å²) in [6, 6.07) is 8.40. The molecule has 0 N–H and O–H groups in total. The van der Waals surface area contributed by atoms with Crippen molar-refractivity contribution in [2.45, 2.75) is 96.8 Å². The van der Waals surface area contributed by atoms with Gasteiger partial charge < -0.3 is 4.74 Å². The Morgan fingerprint density at radius 2 is 1.17 bits per heavy atom. The first kappa shape index (κ1) is 20.9. The summed E-state index contributed by atoms with van der Waals surface area (Å²) in [6.45, 7) is 4.76. The van der Waals surface area contributed by atoms with Crippen molar-refractivity contribution in [3.05, 3.63) is 29.8 Å². The van der Waals surface area contributed by atoms with Gasteiger partial charge in [-0.3, -0.25) is 4.79 Å². The average Bonchev–Trinajstić information content (AvgIpc) is 2.76. The van der Waals surface area contributed by atoms with Crippen molar-refractivity contribution in [1.29, 1.82) is 0 Å². The van der Waals surface area contributed by atoms with Crippen molar-refractivity contribution >= 4 is 5.97 Å². The predicted molar refractivity (Wildman–Crippen MR) is 119 cm³/mol. The van der Waals surface area contributed by atoms with Crippen LogP contribution in [-0.2, 0) is 4.79 Å². The molecule has 3 fully saturated rings. The van der Waals surface area contributed by atoms with Gasteiger partial charge in [0, 0.05) is 0 Å². The molecule has 0 bridgehead atoms. The molecular weight excluding hydrogens is 356 g/mol. The van der Waals surface area contributed by atoms with Gasteiger partial charge in [0.2, 0.25) is 0 Å². The molecule has 0 atom stereocenters. The molecule has 0 saturated heterocycles. The Bertz CT molecular complexity index is 640. The van der Waals surface area contributed by atoms with E-state index in [1.54, 1.807) is 0 Å². The first-order valence-electron chi connectivity index (χ1n) is 12.4. The molecule has 1 aromatic rings. The number of carbonyl (C=O) groups excluding carboxylic acids is 1. The highest BCUT2D eigenvalue weighted by molar-refractivity contribution is 5.75. The van der Waals surface area contributed by atoms with Crippen molar-refractivity contribution in [3.8, 4) is 5.75 Å². The molecule has 0 aromatic heterocycles. The largest absolute Gasteiger partial charge is 0.426 e. The summed E-state index contributed by atoms with van der Waals surface area (Å²) in [7, 11) is 0. The first-order valence-corrected chi connectivity index (χ1v) is 12.4. The smallest absolute Gasteiger partial charge is 0.314 e. The minimum atomic E-state index is -0.0000393. The van der Waals surface area contributed by atoms with Crippen molar-refractivity contribution in [2.24, 2.45) is 29.6 Å². The third-order valence-electron chi connectivity index (χ3n) is 8.42. The van der Waals surface area contributed by atoms with E-state index in [1.165, 1.54) is 69.8 Å². The SMILES string of the molecule is CC1CCC(c2ccc(OC(=O)C3CCC(C4CCC(C)CC4)CC3)cc2)CC1. The summed E-state index contributed by atoms with van der Waals surface area (Å²) in [6.07, 6.45) is 15.4. The number of hydrogen-bond acceptors (Lipinski definition) is 2. The molecular formula is C27H40O2. The van der Waals surface area contributed by atoms with Gasteiger partial charge in [-0.2, -0.15) is 0 Å². The normalized spacial score (nSPS) is 35.8. The fraction of sp³-hybridized carbons (Fsp3) is 0.741.